The molecular weight excluding hydrogens is 240 g/mol. The van der Waals surface area contributed by atoms with E-state index >= 15 is 0 Å². The highest BCUT2D eigenvalue weighted by molar-refractivity contribution is 6.07. The van der Waals surface area contributed by atoms with Gasteiger partial charge in [0.1, 0.15) is 5.54 Å². The third-order valence-electron chi connectivity index (χ3n) is 4.06. The van der Waals surface area contributed by atoms with Crippen molar-refractivity contribution in [3.05, 3.63) is 0 Å². The second-order valence-corrected chi connectivity index (χ2v) is 6.44. The van der Waals surface area contributed by atoms with Crippen LogP contribution in [-0.4, -0.2) is 41.4 Å². The SMILES string of the molecule is CC(C)CC1(C)NC(=N)N(CCC2CCCN2)C1=O. The Morgan fingerprint density at radius 1 is 1.53 bits per heavy atom. The molecule has 1 amide bonds. The van der Waals surface area contributed by atoms with E-state index in [-0.39, 0.29) is 11.9 Å². The van der Waals surface area contributed by atoms with Crippen molar-refractivity contribution in [1.29, 1.82) is 5.41 Å². The van der Waals surface area contributed by atoms with Crippen molar-refractivity contribution in [2.24, 2.45) is 5.92 Å². The van der Waals surface area contributed by atoms with Crippen molar-refractivity contribution in [3.8, 4) is 0 Å². The summed E-state index contributed by atoms with van der Waals surface area (Å²) in [7, 11) is 0. The number of carbonyl (C=O) groups is 1. The van der Waals surface area contributed by atoms with Crippen LogP contribution >= 0.6 is 0 Å². The number of amides is 1. The molecule has 2 unspecified atom stereocenters. The van der Waals surface area contributed by atoms with E-state index in [1.54, 1.807) is 4.90 Å². The van der Waals surface area contributed by atoms with E-state index in [1.165, 1.54) is 12.8 Å². The van der Waals surface area contributed by atoms with Crippen LogP contribution < -0.4 is 10.6 Å². The fourth-order valence-electron chi connectivity index (χ4n) is 3.24. The van der Waals surface area contributed by atoms with Gasteiger partial charge in [-0.2, -0.15) is 0 Å². The standard InChI is InChI=1S/C14H26N4O/c1-10(2)9-14(3)12(19)18(13(15)17-14)8-6-11-5-4-7-16-11/h10-11,16H,4-9H2,1-3H3,(H2,15,17). The lowest BCUT2D eigenvalue weighted by Crippen LogP contribution is -2.45. The minimum atomic E-state index is -0.589. The second kappa shape index (κ2) is 5.49. The normalized spacial score (nSPS) is 31.4. The summed E-state index contributed by atoms with van der Waals surface area (Å²) in [6, 6.07) is 0.512. The first-order valence-electron chi connectivity index (χ1n) is 7.34. The molecule has 0 aromatic rings. The van der Waals surface area contributed by atoms with Crippen molar-refractivity contribution in [2.75, 3.05) is 13.1 Å². The summed E-state index contributed by atoms with van der Waals surface area (Å²) in [6.45, 7) is 7.86. The van der Waals surface area contributed by atoms with E-state index in [4.69, 9.17) is 5.41 Å². The molecule has 0 radical (unpaired) electrons. The molecule has 2 fully saturated rings. The first-order valence-corrected chi connectivity index (χ1v) is 7.34. The van der Waals surface area contributed by atoms with E-state index < -0.39 is 5.54 Å². The second-order valence-electron chi connectivity index (χ2n) is 6.44. The molecule has 5 heteroatoms. The first kappa shape index (κ1) is 14.3. The number of rotatable bonds is 5. The molecule has 0 aromatic heterocycles. The van der Waals surface area contributed by atoms with Gasteiger partial charge in [-0.15, -0.1) is 0 Å². The highest BCUT2D eigenvalue weighted by atomic mass is 16.2. The largest absolute Gasteiger partial charge is 0.342 e. The lowest BCUT2D eigenvalue weighted by atomic mass is 9.91. The molecule has 5 nitrogen and oxygen atoms in total. The lowest BCUT2D eigenvalue weighted by molar-refractivity contribution is -0.131. The van der Waals surface area contributed by atoms with Gasteiger partial charge in [0.15, 0.2) is 5.96 Å². The molecule has 108 valence electrons. The Labute approximate surface area is 115 Å². The number of nitrogens with zero attached hydrogens (tertiary/aromatic N) is 1. The zero-order valence-electron chi connectivity index (χ0n) is 12.3. The first-order chi connectivity index (χ1) is 8.92. The van der Waals surface area contributed by atoms with Crippen molar-refractivity contribution < 1.29 is 4.79 Å². The average Bonchev–Trinajstić information content (AvgIpc) is 2.86. The highest BCUT2D eigenvalue weighted by Crippen LogP contribution is 2.25. The highest BCUT2D eigenvalue weighted by Gasteiger charge is 2.45. The number of guanidine groups is 1. The van der Waals surface area contributed by atoms with Crippen LogP contribution in [0.2, 0.25) is 0 Å². The molecular formula is C14H26N4O. The Kier molecular flexibility index (Phi) is 4.13. The van der Waals surface area contributed by atoms with Crippen LogP contribution in [0.4, 0.5) is 0 Å². The molecule has 0 bridgehead atoms. The van der Waals surface area contributed by atoms with Crippen LogP contribution in [0.15, 0.2) is 0 Å². The molecule has 2 saturated heterocycles. The molecule has 2 aliphatic rings. The van der Waals surface area contributed by atoms with Gasteiger partial charge < -0.3 is 10.6 Å². The molecule has 3 N–H and O–H groups in total. The third kappa shape index (κ3) is 3.08. The van der Waals surface area contributed by atoms with Crippen LogP contribution in [0, 0.1) is 11.3 Å². The van der Waals surface area contributed by atoms with Gasteiger partial charge in [-0.3, -0.25) is 15.1 Å². The molecule has 19 heavy (non-hydrogen) atoms. The number of hydrogen-bond donors (Lipinski definition) is 3. The van der Waals surface area contributed by atoms with E-state index in [9.17, 15) is 4.79 Å². The fraction of sp³-hybridized carbons (Fsp3) is 0.857. The van der Waals surface area contributed by atoms with Crippen molar-refractivity contribution in [3.63, 3.8) is 0 Å². The monoisotopic (exact) mass is 266 g/mol. The summed E-state index contributed by atoms with van der Waals surface area (Å²) in [6.07, 6.45) is 4.12. The van der Waals surface area contributed by atoms with Crippen molar-refractivity contribution >= 4 is 11.9 Å². The topological polar surface area (TPSA) is 68.2 Å². The maximum absolute atomic E-state index is 12.5. The summed E-state index contributed by atoms with van der Waals surface area (Å²) < 4.78 is 0. The van der Waals surface area contributed by atoms with Gasteiger partial charge in [-0.25, -0.2) is 0 Å². The summed E-state index contributed by atoms with van der Waals surface area (Å²) in [5.74, 6) is 0.765. The summed E-state index contributed by atoms with van der Waals surface area (Å²) in [5, 5.41) is 14.5. The van der Waals surface area contributed by atoms with Crippen molar-refractivity contribution in [2.45, 2.75) is 58.0 Å². The van der Waals surface area contributed by atoms with Crippen LogP contribution in [-0.2, 0) is 4.79 Å². The Morgan fingerprint density at radius 2 is 2.26 bits per heavy atom. The third-order valence-corrected chi connectivity index (χ3v) is 4.06. The smallest absolute Gasteiger partial charge is 0.254 e. The fourth-order valence-corrected chi connectivity index (χ4v) is 3.24. The number of nitrogens with one attached hydrogen (secondary N) is 3. The number of carbonyl (C=O) groups excluding carboxylic acids is 1. The van der Waals surface area contributed by atoms with E-state index in [2.05, 4.69) is 24.5 Å². The zero-order chi connectivity index (χ0) is 14.0. The van der Waals surface area contributed by atoms with E-state index in [0.717, 1.165) is 19.4 Å². The molecule has 2 heterocycles. The average molecular weight is 266 g/mol. The predicted molar refractivity (Wildman–Crippen MR) is 76.1 cm³/mol. The van der Waals surface area contributed by atoms with Crippen LogP contribution in [0.5, 0.6) is 0 Å². The molecule has 2 atom stereocenters. The van der Waals surface area contributed by atoms with Gasteiger partial charge in [0.2, 0.25) is 0 Å². The van der Waals surface area contributed by atoms with Gasteiger partial charge in [0.25, 0.3) is 5.91 Å². The molecule has 0 aliphatic carbocycles. The molecule has 0 spiro atoms. The Morgan fingerprint density at radius 3 is 2.84 bits per heavy atom. The van der Waals surface area contributed by atoms with Crippen LogP contribution in [0.1, 0.15) is 46.5 Å². The molecule has 2 rings (SSSR count). The van der Waals surface area contributed by atoms with Crippen LogP contribution in [0.25, 0.3) is 0 Å². The van der Waals surface area contributed by atoms with Gasteiger partial charge >= 0.3 is 0 Å². The lowest BCUT2D eigenvalue weighted by Gasteiger charge is -2.24. The Hall–Kier alpha value is -1.10. The molecule has 0 aromatic carbocycles. The van der Waals surface area contributed by atoms with Gasteiger partial charge in [0, 0.05) is 12.6 Å². The predicted octanol–water partition coefficient (Wildman–Crippen LogP) is 1.30. The Bertz CT molecular complexity index is 362. The number of hydrogen-bond acceptors (Lipinski definition) is 3. The van der Waals surface area contributed by atoms with Gasteiger partial charge in [-0.05, 0) is 45.1 Å². The molecule has 0 saturated carbocycles. The molecule has 2 aliphatic heterocycles. The minimum absolute atomic E-state index is 0.0594. The summed E-state index contributed by atoms with van der Waals surface area (Å²) in [5.41, 5.74) is -0.589. The summed E-state index contributed by atoms with van der Waals surface area (Å²) in [4.78, 5) is 14.1. The quantitative estimate of drug-likeness (QED) is 0.702. The van der Waals surface area contributed by atoms with E-state index in [1.807, 2.05) is 6.92 Å². The van der Waals surface area contributed by atoms with Gasteiger partial charge in [-0.1, -0.05) is 13.8 Å². The maximum Gasteiger partial charge on any atom is 0.254 e. The van der Waals surface area contributed by atoms with Gasteiger partial charge in [0.05, 0.1) is 0 Å². The zero-order valence-corrected chi connectivity index (χ0v) is 12.3. The van der Waals surface area contributed by atoms with E-state index in [0.29, 0.717) is 18.5 Å². The van der Waals surface area contributed by atoms with Crippen LogP contribution in [0.3, 0.4) is 0 Å². The minimum Gasteiger partial charge on any atom is -0.342 e. The Balaban J connectivity index is 1.93. The van der Waals surface area contributed by atoms with Crippen molar-refractivity contribution in [1.82, 2.24) is 15.5 Å². The summed E-state index contributed by atoms with van der Waals surface area (Å²) >= 11 is 0. The maximum atomic E-state index is 12.5.